The van der Waals surface area contributed by atoms with E-state index in [9.17, 15) is 26.7 Å². The number of carboxylic acids is 1. The summed E-state index contributed by atoms with van der Waals surface area (Å²) in [7, 11) is 0. The smallest absolute Gasteiger partial charge is 0.481 e. The number of carboxylic acid groups (broad SMARTS) is 1. The van der Waals surface area contributed by atoms with Gasteiger partial charge in [0.2, 0.25) is 5.88 Å². The number of aliphatic carboxylic acids is 1. The van der Waals surface area contributed by atoms with E-state index in [2.05, 4.69) is 9.72 Å². The van der Waals surface area contributed by atoms with Gasteiger partial charge in [-0.1, -0.05) is 0 Å². The fourth-order valence-electron chi connectivity index (χ4n) is 1.39. The molecule has 0 fully saturated rings. The lowest BCUT2D eigenvalue weighted by molar-refractivity contribution is -0.276. The average molecular weight is 320 g/mol. The summed E-state index contributed by atoms with van der Waals surface area (Å²) in [6, 6.07) is 0.694. The molecule has 1 aromatic rings. The first-order valence-corrected chi connectivity index (χ1v) is 5.52. The molecule has 0 aliphatic rings. The summed E-state index contributed by atoms with van der Waals surface area (Å²) in [5.74, 6) is -3.15. The number of ether oxygens (including phenoxy) is 1. The highest BCUT2D eigenvalue weighted by Crippen LogP contribution is 2.31. The summed E-state index contributed by atoms with van der Waals surface area (Å²) in [5.41, 5.74) is -1.72. The molecule has 0 radical (unpaired) electrons. The van der Waals surface area contributed by atoms with Crippen LogP contribution in [0, 0.1) is 0 Å². The SMILES string of the molecule is O=C(O)Cc1cc(C(F)F)nc(OC(F)(F)F)c1CCl. The zero-order valence-corrected chi connectivity index (χ0v) is 10.3. The summed E-state index contributed by atoms with van der Waals surface area (Å²) >= 11 is 5.41. The van der Waals surface area contributed by atoms with Gasteiger partial charge in [0.25, 0.3) is 6.43 Å². The van der Waals surface area contributed by atoms with Crippen molar-refractivity contribution in [1.29, 1.82) is 0 Å². The molecule has 1 heterocycles. The molecule has 1 N–H and O–H groups in total. The van der Waals surface area contributed by atoms with Crippen LogP contribution in [0.1, 0.15) is 23.2 Å². The highest BCUT2D eigenvalue weighted by molar-refractivity contribution is 6.17. The fourth-order valence-corrected chi connectivity index (χ4v) is 1.68. The van der Waals surface area contributed by atoms with E-state index >= 15 is 0 Å². The molecule has 0 bridgehead atoms. The molecule has 0 atom stereocenters. The summed E-state index contributed by atoms with van der Waals surface area (Å²) < 4.78 is 65.1. The molecular weight excluding hydrogens is 313 g/mol. The van der Waals surface area contributed by atoms with Crippen LogP contribution < -0.4 is 4.74 Å². The normalized spacial score (nSPS) is 11.8. The second-order valence-corrected chi connectivity index (χ2v) is 3.81. The molecular formula is C10H7ClF5NO3. The molecule has 20 heavy (non-hydrogen) atoms. The molecule has 0 amide bonds. The van der Waals surface area contributed by atoms with Gasteiger partial charge in [0.05, 0.1) is 12.3 Å². The molecule has 0 unspecified atom stereocenters. The topological polar surface area (TPSA) is 59.4 Å². The predicted molar refractivity (Wildman–Crippen MR) is 56.8 cm³/mol. The molecule has 1 aromatic heterocycles. The van der Waals surface area contributed by atoms with E-state index in [0.717, 1.165) is 0 Å². The lowest BCUT2D eigenvalue weighted by atomic mass is 10.1. The fraction of sp³-hybridized carbons (Fsp3) is 0.400. The van der Waals surface area contributed by atoms with Gasteiger partial charge in [-0.2, -0.15) is 0 Å². The zero-order valence-electron chi connectivity index (χ0n) is 9.55. The van der Waals surface area contributed by atoms with Crippen molar-refractivity contribution in [3.05, 3.63) is 22.9 Å². The van der Waals surface area contributed by atoms with Crippen molar-refractivity contribution in [1.82, 2.24) is 4.98 Å². The maximum atomic E-state index is 12.6. The molecule has 112 valence electrons. The van der Waals surface area contributed by atoms with E-state index < -0.39 is 48.2 Å². The lowest BCUT2D eigenvalue weighted by Crippen LogP contribution is -2.20. The van der Waals surface area contributed by atoms with E-state index in [1.807, 2.05) is 0 Å². The average Bonchev–Trinajstić information content (AvgIpc) is 2.25. The molecule has 4 nitrogen and oxygen atoms in total. The van der Waals surface area contributed by atoms with Crippen LogP contribution in [0.3, 0.4) is 0 Å². The number of hydrogen-bond acceptors (Lipinski definition) is 3. The van der Waals surface area contributed by atoms with Crippen LogP contribution in [-0.4, -0.2) is 22.4 Å². The minimum absolute atomic E-state index is 0.308. The van der Waals surface area contributed by atoms with Crippen LogP contribution in [-0.2, 0) is 17.1 Å². The Bertz CT molecular complexity index is 506. The largest absolute Gasteiger partial charge is 0.574 e. The Labute approximate surface area is 114 Å². The number of pyridine rings is 1. The van der Waals surface area contributed by atoms with Crippen LogP contribution in [0.2, 0.25) is 0 Å². The monoisotopic (exact) mass is 319 g/mol. The molecule has 1 rings (SSSR count). The Hall–Kier alpha value is -1.64. The maximum Gasteiger partial charge on any atom is 0.574 e. The van der Waals surface area contributed by atoms with Gasteiger partial charge in [-0.25, -0.2) is 13.8 Å². The first-order chi connectivity index (χ1) is 9.14. The van der Waals surface area contributed by atoms with Crippen LogP contribution in [0.15, 0.2) is 6.07 Å². The van der Waals surface area contributed by atoms with Crippen molar-refractivity contribution in [3.63, 3.8) is 0 Å². The van der Waals surface area contributed by atoms with Crippen LogP contribution in [0.5, 0.6) is 5.88 Å². The van der Waals surface area contributed by atoms with E-state index in [-0.39, 0.29) is 5.56 Å². The number of aromatic nitrogens is 1. The number of halogens is 6. The lowest BCUT2D eigenvalue weighted by Gasteiger charge is -2.15. The number of carbonyl (C=O) groups is 1. The zero-order chi connectivity index (χ0) is 15.5. The van der Waals surface area contributed by atoms with Gasteiger partial charge in [0, 0.05) is 5.56 Å². The summed E-state index contributed by atoms with van der Waals surface area (Å²) in [5, 5.41) is 8.63. The quantitative estimate of drug-likeness (QED) is 0.668. The van der Waals surface area contributed by atoms with Gasteiger partial charge in [-0.3, -0.25) is 4.79 Å². The standard InChI is InChI=1S/C10H7ClF5NO3/c11-3-5-4(2-7(18)19)1-6(8(12)13)17-9(5)20-10(14,15)16/h1,8H,2-3H2,(H,18,19). The first-order valence-electron chi connectivity index (χ1n) is 4.98. The highest BCUT2D eigenvalue weighted by Gasteiger charge is 2.34. The molecule has 0 saturated carbocycles. The van der Waals surface area contributed by atoms with Gasteiger partial charge in [0.15, 0.2) is 0 Å². The second kappa shape index (κ2) is 6.21. The molecule has 0 saturated heterocycles. The summed E-state index contributed by atoms with van der Waals surface area (Å²) in [4.78, 5) is 13.6. The van der Waals surface area contributed by atoms with E-state index in [0.29, 0.717) is 6.07 Å². The number of alkyl halides is 6. The minimum Gasteiger partial charge on any atom is -0.481 e. The first kappa shape index (κ1) is 16.4. The molecule has 0 aliphatic heterocycles. The van der Waals surface area contributed by atoms with Crippen molar-refractivity contribution < 1.29 is 36.6 Å². The van der Waals surface area contributed by atoms with E-state index in [4.69, 9.17) is 16.7 Å². The molecule has 0 aromatic carbocycles. The highest BCUT2D eigenvalue weighted by atomic mass is 35.5. The van der Waals surface area contributed by atoms with Crippen LogP contribution in [0.25, 0.3) is 0 Å². The van der Waals surface area contributed by atoms with Gasteiger partial charge in [-0.05, 0) is 11.6 Å². The van der Waals surface area contributed by atoms with Gasteiger partial charge in [0.1, 0.15) is 5.69 Å². The molecule has 0 aliphatic carbocycles. The summed E-state index contributed by atoms with van der Waals surface area (Å²) in [6.45, 7) is 0. The van der Waals surface area contributed by atoms with Gasteiger partial charge < -0.3 is 9.84 Å². The minimum atomic E-state index is -5.16. The third kappa shape index (κ3) is 4.48. The van der Waals surface area contributed by atoms with Crippen molar-refractivity contribution in [2.45, 2.75) is 25.1 Å². The number of nitrogens with zero attached hydrogens (tertiary/aromatic N) is 1. The van der Waals surface area contributed by atoms with Crippen molar-refractivity contribution in [2.24, 2.45) is 0 Å². The third-order valence-electron chi connectivity index (χ3n) is 2.11. The van der Waals surface area contributed by atoms with Crippen molar-refractivity contribution in [2.75, 3.05) is 0 Å². The van der Waals surface area contributed by atoms with Gasteiger partial charge >= 0.3 is 12.3 Å². The Kier molecular flexibility index (Phi) is 5.09. The Morgan fingerprint density at radius 1 is 1.45 bits per heavy atom. The number of hydrogen-bond donors (Lipinski definition) is 1. The maximum absolute atomic E-state index is 12.6. The second-order valence-electron chi connectivity index (χ2n) is 3.54. The number of rotatable bonds is 5. The van der Waals surface area contributed by atoms with E-state index in [1.165, 1.54) is 0 Å². The van der Waals surface area contributed by atoms with Crippen molar-refractivity contribution >= 4 is 17.6 Å². The Balaban J connectivity index is 3.38. The van der Waals surface area contributed by atoms with Crippen molar-refractivity contribution in [3.8, 4) is 5.88 Å². The summed E-state index contributed by atoms with van der Waals surface area (Å²) in [6.07, 6.45) is -9.12. The molecule has 10 heteroatoms. The van der Waals surface area contributed by atoms with E-state index in [1.54, 1.807) is 0 Å². The van der Waals surface area contributed by atoms with Crippen LogP contribution >= 0.6 is 11.6 Å². The third-order valence-corrected chi connectivity index (χ3v) is 2.38. The van der Waals surface area contributed by atoms with Crippen LogP contribution in [0.4, 0.5) is 22.0 Å². The Morgan fingerprint density at radius 2 is 2.05 bits per heavy atom. The van der Waals surface area contributed by atoms with Gasteiger partial charge in [-0.15, -0.1) is 24.8 Å². The Morgan fingerprint density at radius 3 is 2.45 bits per heavy atom. The molecule has 0 spiro atoms. The predicted octanol–water partition coefficient (Wildman–Crippen LogP) is 3.28.